The zero-order chi connectivity index (χ0) is 13.9. The maximum absolute atomic E-state index is 5.77. The molecular formula is C10H25O6Si2. The minimum absolute atomic E-state index is 0.458. The Hall–Kier alpha value is 0.194. The van der Waals surface area contributed by atoms with Gasteiger partial charge in [0, 0.05) is 33.0 Å². The molecule has 0 N–H and O–H groups in total. The van der Waals surface area contributed by atoms with E-state index in [0.29, 0.717) is 33.0 Å². The summed E-state index contributed by atoms with van der Waals surface area (Å²) in [7, 11) is -5.02. The first-order chi connectivity index (χ1) is 8.67. The van der Waals surface area contributed by atoms with Gasteiger partial charge in [-0.3, -0.25) is 0 Å². The molecule has 18 heavy (non-hydrogen) atoms. The molecule has 0 spiro atoms. The van der Waals surface area contributed by atoms with Crippen LogP contribution in [0.2, 0.25) is 0 Å². The van der Waals surface area contributed by atoms with E-state index in [4.69, 9.17) is 26.2 Å². The third-order valence-corrected chi connectivity index (χ3v) is 6.34. The molecular weight excluding hydrogens is 272 g/mol. The molecule has 1 radical (unpaired) electrons. The lowest BCUT2D eigenvalue weighted by molar-refractivity contribution is -0.0124. The molecule has 0 aromatic heterocycles. The molecule has 0 atom stereocenters. The van der Waals surface area contributed by atoms with Gasteiger partial charge in [0.05, 0.1) is 0 Å². The van der Waals surface area contributed by atoms with Crippen LogP contribution in [0, 0.1) is 0 Å². The largest absolute Gasteiger partial charge is 0.672 e. The highest BCUT2D eigenvalue weighted by Crippen LogP contribution is 2.14. The second kappa shape index (κ2) is 11.1. The molecule has 8 heteroatoms. The fraction of sp³-hybridized carbons (Fsp3) is 1.00. The summed E-state index contributed by atoms with van der Waals surface area (Å²) in [5.74, 6) is 0. The molecule has 0 aromatic carbocycles. The standard InChI is InChI=1S/C10H25O6Si2/c1-6-11-17(12-7-2)16-18(13-8-3,14-9-4)15-10-5/h6-10H2,1-5H3. The summed E-state index contributed by atoms with van der Waals surface area (Å²) in [5.41, 5.74) is 0. The monoisotopic (exact) mass is 297 g/mol. The Morgan fingerprint density at radius 1 is 0.667 bits per heavy atom. The highest BCUT2D eigenvalue weighted by molar-refractivity contribution is 6.62. The Labute approximate surface area is 113 Å². The minimum atomic E-state index is -3.14. The van der Waals surface area contributed by atoms with Crippen LogP contribution in [0.25, 0.3) is 0 Å². The molecule has 0 aliphatic heterocycles. The summed E-state index contributed by atoms with van der Waals surface area (Å²) in [4.78, 5) is 0. The molecule has 0 saturated carbocycles. The average Bonchev–Trinajstić information content (AvgIpc) is 2.30. The van der Waals surface area contributed by atoms with E-state index in [1.165, 1.54) is 0 Å². The average molecular weight is 297 g/mol. The second-order valence-electron chi connectivity index (χ2n) is 3.02. The summed E-state index contributed by atoms with van der Waals surface area (Å²) >= 11 is 0. The molecule has 109 valence electrons. The molecule has 0 fully saturated rings. The normalized spacial score (nSPS) is 12.3. The van der Waals surface area contributed by atoms with E-state index in [2.05, 4.69) is 0 Å². The first kappa shape index (κ1) is 18.2. The Balaban J connectivity index is 4.66. The molecule has 0 aromatic rings. The quantitative estimate of drug-likeness (QED) is 0.510. The Kier molecular flexibility index (Phi) is 11.2. The number of hydrogen-bond acceptors (Lipinski definition) is 6. The first-order valence-corrected chi connectivity index (χ1v) is 9.27. The van der Waals surface area contributed by atoms with E-state index < -0.39 is 18.6 Å². The van der Waals surface area contributed by atoms with Crippen molar-refractivity contribution in [1.82, 2.24) is 0 Å². The minimum Gasteiger partial charge on any atom is -0.372 e. The lowest BCUT2D eigenvalue weighted by Gasteiger charge is -2.28. The van der Waals surface area contributed by atoms with Crippen LogP contribution in [0.3, 0.4) is 0 Å². The summed E-state index contributed by atoms with van der Waals surface area (Å²) in [6.07, 6.45) is 0. The van der Waals surface area contributed by atoms with Gasteiger partial charge in [-0.05, 0) is 34.6 Å². The highest BCUT2D eigenvalue weighted by Gasteiger charge is 2.49. The van der Waals surface area contributed by atoms with E-state index in [1.807, 2.05) is 34.6 Å². The van der Waals surface area contributed by atoms with Crippen LogP contribution >= 0.6 is 0 Å². The summed E-state index contributed by atoms with van der Waals surface area (Å²) in [6.45, 7) is 11.8. The van der Waals surface area contributed by atoms with Crippen LogP contribution in [-0.2, 0) is 26.2 Å². The van der Waals surface area contributed by atoms with Crippen LogP contribution in [-0.4, -0.2) is 51.6 Å². The third kappa shape index (κ3) is 6.95. The highest BCUT2D eigenvalue weighted by atomic mass is 28.5. The molecule has 0 saturated heterocycles. The van der Waals surface area contributed by atoms with Gasteiger partial charge >= 0.3 is 18.6 Å². The van der Waals surface area contributed by atoms with Gasteiger partial charge in [-0.1, -0.05) is 0 Å². The predicted molar refractivity (Wildman–Crippen MR) is 70.7 cm³/mol. The Bertz CT molecular complexity index is 172. The Morgan fingerprint density at radius 2 is 1.06 bits per heavy atom. The van der Waals surface area contributed by atoms with Gasteiger partial charge in [0.2, 0.25) is 0 Å². The van der Waals surface area contributed by atoms with Crippen LogP contribution in [0.5, 0.6) is 0 Å². The zero-order valence-electron chi connectivity index (χ0n) is 12.0. The maximum atomic E-state index is 5.77. The summed E-state index contributed by atoms with van der Waals surface area (Å²) in [6, 6.07) is 0. The molecule has 0 amide bonds. The second-order valence-corrected chi connectivity index (χ2v) is 6.78. The van der Waals surface area contributed by atoms with Gasteiger partial charge in [0.15, 0.2) is 0 Å². The molecule has 0 aliphatic carbocycles. The predicted octanol–water partition coefficient (Wildman–Crippen LogP) is 1.61. The molecule has 0 unspecified atom stereocenters. The van der Waals surface area contributed by atoms with Crippen LogP contribution < -0.4 is 0 Å². The fourth-order valence-electron chi connectivity index (χ4n) is 1.18. The van der Waals surface area contributed by atoms with Gasteiger partial charge in [0.1, 0.15) is 0 Å². The van der Waals surface area contributed by atoms with Gasteiger partial charge < -0.3 is 26.2 Å². The van der Waals surface area contributed by atoms with Crippen molar-refractivity contribution in [3.8, 4) is 0 Å². The van der Waals surface area contributed by atoms with E-state index in [9.17, 15) is 0 Å². The van der Waals surface area contributed by atoms with E-state index in [1.54, 1.807) is 0 Å². The molecule has 0 heterocycles. The van der Waals surface area contributed by atoms with Crippen molar-refractivity contribution in [1.29, 1.82) is 0 Å². The third-order valence-electron chi connectivity index (χ3n) is 1.70. The van der Waals surface area contributed by atoms with Crippen molar-refractivity contribution in [3.05, 3.63) is 0 Å². The van der Waals surface area contributed by atoms with E-state index in [0.717, 1.165) is 0 Å². The first-order valence-electron chi connectivity index (χ1n) is 6.41. The SMILES string of the molecule is CCO[Si](OCC)O[Si](OCC)(OCC)OCC. The van der Waals surface area contributed by atoms with Crippen molar-refractivity contribution in [2.24, 2.45) is 0 Å². The van der Waals surface area contributed by atoms with Crippen molar-refractivity contribution >= 4 is 18.6 Å². The van der Waals surface area contributed by atoms with E-state index in [-0.39, 0.29) is 0 Å². The number of rotatable bonds is 12. The van der Waals surface area contributed by atoms with E-state index >= 15 is 0 Å². The fourth-order valence-corrected chi connectivity index (χ4v) is 5.04. The van der Waals surface area contributed by atoms with Crippen molar-refractivity contribution in [3.63, 3.8) is 0 Å². The zero-order valence-corrected chi connectivity index (χ0v) is 14.0. The molecule has 0 rings (SSSR count). The molecule has 0 aliphatic rings. The van der Waals surface area contributed by atoms with Crippen LogP contribution in [0.15, 0.2) is 0 Å². The van der Waals surface area contributed by atoms with Gasteiger partial charge in [-0.2, -0.15) is 0 Å². The van der Waals surface area contributed by atoms with Crippen molar-refractivity contribution in [2.45, 2.75) is 34.6 Å². The smallest absolute Gasteiger partial charge is 0.372 e. The van der Waals surface area contributed by atoms with Crippen LogP contribution in [0.1, 0.15) is 34.6 Å². The maximum Gasteiger partial charge on any atom is 0.672 e. The van der Waals surface area contributed by atoms with Crippen molar-refractivity contribution < 1.29 is 26.2 Å². The van der Waals surface area contributed by atoms with Crippen molar-refractivity contribution in [2.75, 3.05) is 33.0 Å². The number of hydrogen-bond donors (Lipinski definition) is 0. The summed E-state index contributed by atoms with van der Waals surface area (Å²) in [5, 5.41) is 0. The topological polar surface area (TPSA) is 55.4 Å². The molecule has 0 bridgehead atoms. The Morgan fingerprint density at radius 3 is 1.33 bits per heavy atom. The lowest BCUT2D eigenvalue weighted by Crippen LogP contribution is -2.54. The summed E-state index contributed by atoms with van der Waals surface area (Å²) < 4.78 is 33.3. The van der Waals surface area contributed by atoms with Gasteiger partial charge in [0.25, 0.3) is 0 Å². The molecule has 6 nitrogen and oxygen atoms in total. The van der Waals surface area contributed by atoms with Gasteiger partial charge in [-0.15, -0.1) is 0 Å². The van der Waals surface area contributed by atoms with Gasteiger partial charge in [-0.25, -0.2) is 0 Å². The lowest BCUT2D eigenvalue weighted by atomic mass is 10.9. The van der Waals surface area contributed by atoms with Crippen LogP contribution in [0.4, 0.5) is 0 Å².